The van der Waals surface area contributed by atoms with E-state index in [-0.39, 0.29) is 16.4 Å². The van der Waals surface area contributed by atoms with E-state index >= 15 is 0 Å². The molecule has 0 aliphatic rings. The number of carbonyl (C=O) groups excluding carboxylic acids is 1. The van der Waals surface area contributed by atoms with Crippen molar-refractivity contribution in [2.24, 2.45) is 0 Å². The molecule has 1 rings (SSSR count). The molecule has 0 aromatic heterocycles. The lowest BCUT2D eigenvalue weighted by molar-refractivity contribution is 0.101. The summed E-state index contributed by atoms with van der Waals surface area (Å²) in [5, 5.41) is 0.000185. The summed E-state index contributed by atoms with van der Waals surface area (Å²) >= 11 is 5.54. The normalized spacial score (nSPS) is 10.0. The van der Waals surface area contributed by atoms with Gasteiger partial charge in [-0.05, 0) is 31.5 Å². The first kappa shape index (κ1) is 9.20. The van der Waals surface area contributed by atoms with Gasteiger partial charge >= 0.3 is 0 Å². The van der Waals surface area contributed by atoms with Gasteiger partial charge in [0.15, 0.2) is 11.6 Å². The van der Waals surface area contributed by atoms with Gasteiger partial charge < -0.3 is 0 Å². The molecule has 0 heterocycles. The van der Waals surface area contributed by atoms with Crippen LogP contribution < -0.4 is 0 Å². The highest BCUT2D eigenvalue weighted by molar-refractivity contribution is 6.31. The zero-order valence-corrected chi connectivity index (χ0v) is 7.57. The highest BCUT2D eigenvalue weighted by Crippen LogP contribution is 2.20. The molecule has 0 N–H and O–H groups in total. The van der Waals surface area contributed by atoms with Crippen molar-refractivity contribution in [3.8, 4) is 0 Å². The summed E-state index contributed by atoms with van der Waals surface area (Å²) in [5.41, 5.74) is 0.839. The Morgan fingerprint density at radius 3 is 2.58 bits per heavy atom. The van der Waals surface area contributed by atoms with Gasteiger partial charge in [0.25, 0.3) is 0 Å². The fourth-order valence-corrected chi connectivity index (χ4v) is 1.25. The maximum Gasteiger partial charge on any atom is 0.162 e. The second-order valence-corrected chi connectivity index (χ2v) is 3.07. The van der Waals surface area contributed by atoms with Crippen molar-refractivity contribution in [2.75, 3.05) is 0 Å². The van der Waals surface area contributed by atoms with Gasteiger partial charge in [-0.25, -0.2) is 4.39 Å². The van der Waals surface area contributed by atoms with E-state index in [4.69, 9.17) is 11.6 Å². The number of aryl methyl sites for hydroxylation is 1. The minimum absolute atomic E-state index is 0.000185. The molecule has 0 spiro atoms. The van der Waals surface area contributed by atoms with E-state index in [1.807, 2.05) is 0 Å². The van der Waals surface area contributed by atoms with Crippen LogP contribution in [0.15, 0.2) is 12.1 Å². The van der Waals surface area contributed by atoms with E-state index in [2.05, 4.69) is 0 Å². The second-order valence-electron chi connectivity index (χ2n) is 2.66. The highest BCUT2D eigenvalue weighted by atomic mass is 35.5. The average Bonchev–Trinajstić information content (AvgIpc) is 1.96. The van der Waals surface area contributed by atoms with Gasteiger partial charge in [0.1, 0.15) is 0 Å². The molecule has 0 saturated carbocycles. The van der Waals surface area contributed by atoms with Gasteiger partial charge in [-0.1, -0.05) is 11.6 Å². The largest absolute Gasteiger partial charge is 0.294 e. The summed E-state index contributed by atoms with van der Waals surface area (Å²) in [6, 6.07) is 2.98. The zero-order valence-electron chi connectivity index (χ0n) is 6.82. The lowest BCUT2D eigenvalue weighted by atomic mass is 10.1. The molecule has 0 amide bonds. The molecule has 1 aromatic rings. The molecule has 64 valence electrons. The maximum absolute atomic E-state index is 13.1. The lowest BCUT2D eigenvalue weighted by Gasteiger charge is -2.01. The third-order valence-corrected chi connectivity index (χ3v) is 1.83. The molecule has 0 atom stereocenters. The van der Waals surface area contributed by atoms with Crippen molar-refractivity contribution >= 4 is 17.4 Å². The Hall–Kier alpha value is -0.890. The monoisotopic (exact) mass is 186 g/mol. The molecule has 1 nitrogen and oxygen atoms in total. The van der Waals surface area contributed by atoms with Gasteiger partial charge in [-0.2, -0.15) is 0 Å². The molecule has 0 saturated heterocycles. The first-order valence-electron chi connectivity index (χ1n) is 3.49. The standard InChI is InChI=1S/C9H8ClFO/c1-5-3-7(6(2)12)9(11)8(10)4-5/h3-4H,1-2H3. The predicted octanol–water partition coefficient (Wildman–Crippen LogP) is 2.99. The number of Topliss-reactive ketones (excluding diaryl/α,β-unsaturated/α-hetero) is 1. The number of benzene rings is 1. The number of halogens is 2. The first-order valence-corrected chi connectivity index (χ1v) is 3.86. The summed E-state index contributed by atoms with van der Waals surface area (Å²) in [6.45, 7) is 3.08. The number of hydrogen-bond acceptors (Lipinski definition) is 1. The number of ketones is 1. The van der Waals surface area contributed by atoms with Crippen LogP contribution in [0, 0.1) is 12.7 Å². The van der Waals surface area contributed by atoms with Crippen LogP contribution in [0.4, 0.5) is 4.39 Å². The summed E-state index contributed by atoms with van der Waals surface area (Å²) in [7, 11) is 0. The molecular formula is C9H8ClFO. The van der Waals surface area contributed by atoms with Crippen LogP contribution in [0.3, 0.4) is 0 Å². The van der Waals surface area contributed by atoms with Crippen LogP contribution in [-0.4, -0.2) is 5.78 Å². The van der Waals surface area contributed by atoms with Crippen LogP contribution in [0.25, 0.3) is 0 Å². The van der Waals surface area contributed by atoms with E-state index < -0.39 is 5.82 Å². The summed E-state index contributed by atoms with van der Waals surface area (Å²) in [4.78, 5) is 10.9. The molecular weight excluding hydrogens is 179 g/mol. The quantitative estimate of drug-likeness (QED) is 0.617. The van der Waals surface area contributed by atoms with E-state index in [9.17, 15) is 9.18 Å². The Kier molecular flexibility index (Phi) is 2.48. The first-order chi connectivity index (χ1) is 5.52. The van der Waals surface area contributed by atoms with Crippen molar-refractivity contribution in [1.29, 1.82) is 0 Å². The van der Waals surface area contributed by atoms with Crippen LogP contribution in [0.2, 0.25) is 5.02 Å². The van der Waals surface area contributed by atoms with Crippen LogP contribution in [0.1, 0.15) is 22.8 Å². The van der Waals surface area contributed by atoms with Gasteiger partial charge in [0, 0.05) is 0 Å². The molecule has 0 radical (unpaired) electrons. The molecule has 0 aliphatic heterocycles. The fourth-order valence-electron chi connectivity index (χ4n) is 0.981. The Morgan fingerprint density at radius 1 is 1.50 bits per heavy atom. The highest BCUT2D eigenvalue weighted by Gasteiger charge is 2.10. The van der Waals surface area contributed by atoms with Crippen LogP contribution in [-0.2, 0) is 0 Å². The SMILES string of the molecule is CC(=O)c1cc(C)cc(Cl)c1F. The Morgan fingerprint density at radius 2 is 2.08 bits per heavy atom. The summed E-state index contributed by atoms with van der Waals surface area (Å²) < 4.78 is 13.1. The third-order valence-electron chi connectivity index (χ3n) is 1.55. The number of rotatable bonds is 1. The molecule has 0 aliphatic carbocycles. The van der Waals surface area contributed by atoms with Gasteiger partial charge in [-0.3, -0.25) is 4.79 Å². The van der Waals surface area contributed by atoms with Gasteiger partial charge in [0.2, 0.25) is 0 Å². The summed E-state index contributed by atoms with van der Waals surface area (Å²) in [5.74, 6) is -0.937. The van der Waals surface area contributed by atoms with Crippen molar-refractivity contribution in [3.63, 3.8) is 0 Å². The molecule has 0 bridgehead atoms. The van der Waals surface area contributed by atoms with E-state index in [1.54, 1.807) is 6.92 Å². The van der Waals surface area contributed by atoms with Crippen molar-refractivity contribution in [2.45, 2.75) is 13.8 Å². The molecule has 12 heavy (non-hydrogen) atoms. The molecule has 0 fully saturated rings. The molecule has 0 unspecified atom stereocenters. The van der Waals surface area contributed by atoms with Crippen LogP contribution >= 0.6 is 11.6 Å². The van der Waals surface area contributed by atoms with Crippen LogP contribution in [0.5, 0.6) is 0 Å². The van der Waals surface area contributed by atoms with Gasteiger partial charge in [-0.15, -0.1) is 0 Å². The third kappa shape index (κ3) is 1.64. The minimum atomic E-state index is -0.630. The van der Waals surface area contributed by atoms with Gasteiger partial charge in [0.05, 0.1) is 10.6 Å². The molecule has 3 heteroatoms. The number of carbonyl (C=O) groups is 1. The number of hydrogen-bond donors (Lipinski definition) is 0. The maximum atomic E-state index is 13.1. The minimum Gasteiger partial charge on any atom is -0.294 e. The Bertz CT molecular complexity index is 334. The topological polar surface area (TPSA) is 17.1 Å². The van der Waals surface area contributed by atoms with Crippen molar-refractivity contribution in [1.82, 2.24) is 0 Å². The Balaban J connectivity index is 3.37. The van der Waals surface area contributed by atoms with E-state index in [0.29, 0.717) is 0 Å². The molecule has 1 aromatic carbocycles. The smallest absolute Gasteiger partial charge is 0.162 e. The lowest BCUT2D eigenvalue weighted by Crippen LogP contribution is -1.98. The Labute approximate surface area is 75.2 Å². The van der Waals surface area contributed by atoms with Crippen molar-refractivity contribution < 1.29 is 9.18 Å². The predicted molar refractivity (Wildman–Crippen MR) is 46.2 cm³/mol. The van der Waals surface area contributed by atoms with E-state index in [0.717, 1.165) is 5.56 Å². The second kappa shape index (κ2) is 3.23. The fraction of sp³-hybridized carbons (Fsp3) is 0.222. The van der Waals surface area contributed by atoms with E-state index in [1.165, 1.54) is 19.1 Å². The summed E-state index contributed by atoms with van der Waals surface area (Å²) in [6.07, 6.45) is 0. The zero-order chi connectivity index (χ0) is 9.30. The average molecular weight is 187 g/mol. The van der Waals surface area contributed by atoms with Crippen molar-refractivity contribution in [3.05, 3.63) is 34.1 Å².